The van der Waals surface area contributed by atoms with Crippen LogP contribution in [0.3, 0.4) is 0 Å². The third-order valence-electron chi connectivity index (χ3n) is 2.92. The van der Waals surface area contributed by atoms with Crippen molar-refractivity contribution in [3.05, 3.63) is 33.8 Å². The second-order valence-electron chi connectivity index (χ2n) is 4.58. The molecular weight excluding hydrogens is 278 g/mol. The molecule has 0 radical (unpaired) electrons. The fourth-order valence-corrected chi connectivity index (χ4v) is 2.20. The molecule has 0 saturated carbocycles. The molecule has 0 fully saturated rings. The van der Waals surface area contributed by atoms with Gasteiger partial charge in [0, 0.05) is 30.1 Å². The Hall–Kier alpha value is -0.420. The molecule has 0 aliphatic rings. The first-order valence-corrected chi connectivity index (χ1v) is 6.71. The number of benzene rings is 1. The number of nitrogens with zero attached hydrogens (tertiary/aromatic N) is 1. The monoisotopic (exact) mass is 299 g/mol. The van der Waals surface area contributed by atoms with Crippen molar-refractivity contribution < 1.29 is 0 Å². The van der Waals surface area contributed by atoms with Gasteiger partial charge in [0.25, 0.3) is 0 Å². The van der Waals surface area contributed by atoms with E-state index in [-0.39, 0.29) is 6.04 Å². The number of hydrogen-bond donors (Lipinski definition) is 2. The van der Waals surface area contributed by atoms with Crippen LogP contribution >= 0.6 is 15.9 Å². The third-order valence-corrected chi connectivity index (χ3v) is 3.42. The zero-order valence-corrected chi connectivity index (χ0v) is 12.2. The van der Waals surface area contributed by atoms with Crippen LogP contribution in [0.5, 0.6) is 0 Å². The summed E-state index contributed by atoms with van der Waals surface area (Å²) in [7, 11) is 2.09. The number of aryl methyl sites for hydroxylation is 1. The number of hydrogen-bond acceptors (Lipinski definition) is 3. The molecule has 3 nitrogen and oxygen atoms in total. The Kier molecular flexibility index (Phi) is 6.12. The molecule has 4 heteroatoms. The van der Waals surface area contributed by atoms with Gasteiger partial charge < -0.3 is 16.4 Å². The average molecular weight is 300 g/mol. The molecular formula is C13H22BrN3. The van der Waals surface area contributed by atoms with Crippen LogP contribution in [-0.4, -0.2) is 37.6 Å². The predicted molar refractivity (Wildman–Crippen MR) is 77.1 cm³/mol. The zero-order chi connectivity index (χ0) is 12.8. The van der Waals surface area contributed by atoms with Gasteiger partial charge in [-0.3, -0.25) is 0 Å². The molecule has 0 aromatic heterocycles. The summed E-state index contributed by atoms with van der Waals surface area (Å²) in [5.41, 5.74) is 14.1. The lowest BCUT2D eigenvalue weighted by atomic mass is 10.1. The van der Waals surface area contributed by atoms with E-state index in [9.17, 15) is 0 Å². The quantitative estimate of drug-likeness (QED) is 0.837. The molecule has 0 spiro atoms. The number of likely N-dealkylation sites (N-methyl/N-ethyl adjacent to an activating group) is 1. The Balaban J connectivity index is 2.47. The molecule has 0 amide bonds. The minimum Gasteiger partial charge on any atom is -0.329 e. The van der Waals surface area contributed by atoms with Crippen molar-refractivity contribution in [2.24, 2.45) is 11.5 Å². The second kappa shape index (κ2) is 7.11. The van der Waals surface area contributed by atoms with Gasteiger partial charge >= 0.3 is 0 Å². The normalized spacial score (nSPS) is 13.1. The average Bonchev–Trinajstić information content (AvgIpc) is 2.30. The van der Waals surface area contributed by atoms with Gasteiger partial charge in [0.2, 0.25) is 0 Å². The van der Waals surface area contributed by atoms with Gasteiger partial charge in [-0.25, -0.2) is 0 Å². The minimum atomic E-state index is 0.0728. The van der Waals surface area contributed by atoms with Gasteiger partial charge in [-0.1, -0.05) is 22.0 Å². The molecule has 0 aliphatic carbocycles. The lowest BCUT2D eigenvalue weighted by Gasteiger charge is -2.20. The summed E-state index contributed by atoms with van der Waals surface area (Å²) in [5.74, 6) is 0. The van der Waals surface area contributed by atoms with E-state index >= 15 is 0 Å². The highest BCUT2D eigenvalue weighted by atomic mass is 79.9. The molecule has 17 heavy (non-hydrogen) atoms. The Morgan fingerprint density at radius 3 is 2.76 bits per heavy atom. The molecule has 1 unspecified atom stereocenters. The van der Waals surface area contributed by atoms with E-state index < -0.39 is 0 Å². The summed E-state index contributed by atoms with van der Waals surface area (Å²) < 4.78 is 1.14. The molecule has 1 atom stereocenters. The van der Waals surface area contributed by atoms with Crippen LogP contribution in [0.4, 0.5) is 0 Å². The van der Waals surface area contributed by atoms with Crippen molar-refractivity contribution in [3.63, 3.8) is 0 Å². The first-order valence-electron chi connectivity index (χ1n) is 5.92. The highest BCUT2D eigenvalue weighted by Crippen LogP contribution is 2.16. The number of rotatable bonds is 6. The summed E-state index contributed by atoms with van der Waals surface area (Å²) in [6.07, 6.45) is 1.04. The molecule has 1 aromatic rings. The lowest BCUT2D eigenvalue weighted by Crippen LogP contribution is -2.41. The highest BCUT2D eigenvalue weighted by molar-refractivity contribution is 9.10. The number of halogens is 1. The Morgan fingerprint density at radius 2 is 2.12 bits per heavy atom. The summed E-state index contributed by atoms with van der Waals surface area (Å²) in [6.45, 7) is 4.54. The fourth-order valence-electron chi connectivity index (χ4n) is 1.79. The molecule has 96 valence electrons. The van der Waals surface area contributed by atoms with Crippen molar-refractivity contribution in [2.45, 2.75) is 19.4 Å². The topological polar surface area (TPSA) is 55.3 Å². The molecule has 4 N–H and O–H groups in total. The van der Waals surface area contributed by atoms with Crippen molar-refractivity contribution >= 4 is 15.9 Å². The first-order chi connectivity index (χ1) is 8.02. The van der Waals surface area contributed by atoms with Gasteiger partial charge in [-0.15, -0.1) is 0 Å². The van der Waals surface area contributed by atoms with E-state index in [1.165, 1.54) is 11.1 Å². The molecule has 0 heterocycles. The predicted octanol–water partition coefficient (Wildman–Crippen LogP) is 1.52. The van der Waals surface area contributed by atoms with Crippen molar-refractivity contribution in [3.8, 4) is 0 Å². The first kappa shape index (κ1) is 14.6. The van der Waals surface area contributed by atoms with Crippen LogP contribution in [0.1, 0.15) is 11.1 Å². The van der Waals surface area contributed by atoms with Gasteiger partial charge in [-0.2, -0.15) is 0 Å². The SMILES string of the molecule is Cc1ccc(Br)cc1CCN(C)CC(N)CN. The largest absolute Gasteiger partial charge is 0.329 e. The fraction of sp³-hybridized carbons (Fsp3) is 0.538. The zero-order valence-electron chi connectivity index (χ0n) is 10.6. The molecule has 0 saturated heterocycles. The smallest absolute Gasteiger partial charge is 0.0292 e. The standard InChI is InChI=1S/C13H22BrN3/c1-10-3-4-12(14)7-11(10)5-6-17(2)9-13(16)8-15/h3-4,7,13H,5-6,8-9,15-16H2,1-2H3. The minimum absolute atomic E-state index is 0.0728. The van der Waals surface area contributed by atoms with Crippen molar-refractivity contribution in [1.82, 2.24) is 4.90 Å². The maximum atomic E-state index is 5.82. The molecule has 0 bridgehead atoms. The van der Waals surface area contributed by atoms with Gasteiger partial charge in [0.15, 0.2) is 0 Å². The maximum Gasteiger partial charge on any atom is 0.0292 e. The number of nitrogens with two attached hydrogens (primary N) is 2. The summed E-state index contributed by atoms with van der Waals surface area (Å²) in [6, 6.07) is 6.48. The van der Waals surface area contributed by atoms with E-state index in [2.05, 4.69) is 53.0 Å². The van der Waals surface area contributed by atoms with Gasteiger partial charge in [0.05, 0.1) is 0 Å². The van der Waals surface area contributed by atoms with Gasteiger partial charge in [0.1, 0.15) is 0 Å². The Bertz CT molecular complexity index is 355. The van der Waals surface area contributed by atoms with E-state index in [0.717, 1.165) is 24.0 Å². The van der Waals surface area contributed by atoms with Crippen LogP contribution in [0.25, 0.3) is 0 Å². The summed E-state index contributed by atoms with van der Waals surface area (Å²) in [5, 5.41) is 0. The van der Waals surface area contributed by atoms with E-state index in [4.69, 9.17) is 11.5 Å². The van der Waals surface area contributed by atoms with Crippen molar-refractivity contribution in [1.29, 1.82) is 0 Å². The van der Waals surface area contributed by atoms with Crippen LogP contribution in [0.15, 0.2) is 22.7 Å². The van der Waals surface area contributed by atoms with Gasteiger partial charge in [-0.05, 0) is 43.7 Å². The summed E-state index contributed by atoms with van der Waals surface area (Å²) in [4.78, 5) is 2.23. The molecule has 1 aromatic carbocycles. The van der Waals surface area contributed by atoms with E-state index in [0.29, 0.717) is 6.54 Å². The van der Waals surface area contributed by atoms with E-state index in [1.54, 1.807) is 0 Å². The molecule has 1 rings (SSSR count). The lowest BCUT2D eigenvalue weighted by molar-refractivity contribution is 0.316. The Labute approximate surface area is 112 Å². The Morgan fingerprint density at radius 1 is 1.41 bits per heavy atom. The van der Waals surface area contributed by atoms with E-state index in [1.807, 2.05) is 0 Å². The van der Waals surface area contributed by atoms with Crippen LogP contribution in [0.2, 0.25) is 0 Å². The maximum absolute atomic E-state index is 5.82. The molecule has 0 aliphatic heterocycles. The third kappa shape index (κ3) is 5.17. The highest BCUT2D eigenvalue weighted by Gasteiger charge is 2.06. The second-order valence-corrected chi connectivity index (χ2v) is 5.49. The van der Waals surface area contributed by atoms with Crippen molar-refractivity contribution in [2.75, 3.05) is 26.7 Å². The van der Waals surface area contributed by atoms with Crippen LogP contribution < -0.4 is 11.5 Å². The van der Waals surface area contributed by atoms with Crippen LogP contribution in [0, 0.1) is 6.92 Å². The summed E-state index contributed by atoms with van der Waals surface area (Å²) >= 11 is 3.50. The van der Waals surface area contributed by atoms with Crippen LogP contribution in [-0.2, 0) is 6.42 Å².